The van der Waals surface area contributed by atoms with Gasteiger partial charge in [0.25, 0.3) is 0 Å². The Kier molecular flexibility index (Phi) is 5.55. The molecule has 3 nitrogen and oxygen atoms in total. The zero-order valence-electron chi connectivity index (χ0n) is 13.1. The zero-order chi connectivity index (χ0) is 16.3. The van der Waals surface area contributed by atoms with Crippen LogP contribution in [-0.2, 0) is 16.4 Å². The Morgan fingerprint density at radius 1 is 1.32 bits per heavy atom. The molecule has 0 aromatic heterocycles. The van der Waals surface area contributed by atoms with Crippen LogP contribution in [0, 0.1) is 17.6 Å². The lowest BCUT2D eigenvalue weighted by Crippen LogP contribution is -2.43. The molecule has 0 bridgehead atoms. The first-order valence-corrected chi connectivity index (χ1v) is 9.24. The molecule has 1 fully saturated rings. The monoisotopic (exact) mass is 331 g/mol. The quantitative estimate of drug-likeness (QED) is 0.830. The lowest BCUT2D eigenvalue weighted by molar-refractivity contribution is 0.254. The van der Waals surface area contributed by atoms with Crippen molar-refractivity contribution in [3.63, 3.8) is 0 Å². The number of sulfonamides is 1. The molecule has 0 aliphatic carbocycles. The number of hydrogen-bond donors (Lipinski definition) is 0. The van der Waals surface area contributed by atoms with Crippen molar-refractivity contribution in [3.05, 3.63) is 35.4 Å². The van der Waals surface area contributed by atoms with E-state index in [1.54, 1.807) is 18.2 Å². The predicted molar refractivity (Wildman–Crippen MR) is 83.0 cm³/mol. The summed E-state index contributed by atoms with van der Waals surface area (Å²) in [6.45, 7) is 4.45. The molecule has 1 aromatic rings. The van der Waals surface area contributed by atoms with Gasteiger partial charge in [0.05, 0.1) is 5.25 Å². The normalized spacial score (nSPS) is 20.5. The summed E-state index contributed by atoms with van der Waals surface area (Å²) in [5, 5.41) is -0.416. The van der Waals surface area contributed by atoms with E-state index in [2.05, 4.69) is 0 Å². The zero-order valence-corrected chi connectivity index (χ0v) is 13.9. The summed E-state index contributed by atoms with van der Waals surface area (Å²) < 4.78 is 52.5. The summed E-state index contributed by atoms with van der Waals surface area (Å²) in [7, 11) is -3.22. The Morgan fingerprint density at radius 2 is 2.05 bits per heavy atom. The number of rotatable bonds is 5. The van der Waals surface area contributed by atoms with E-state index in [0.29, 0.717) is 31.5 Å². The molecule has 0 spiro atoms. The lowest BCUT2D eigenvalue weighted by Gasteiger charge is -2.33. The molecular weight excluding hydrogens is 308 g/mol. The van der Waals surface area contributed by atoms with Gasteiger partial charge in [-0.3, -0.25) is 0 Å². The maximum absolute atomic E-state index is 13.6. The van der Waals surface area contributed by atoms with Gasteiger partial charge in [-0.05, 0) is 57.1 Å². The van der Waals surface area contributed by atoms with Crippen molar-refractivity contribution < 1.29 is 17.2 Å². The van der Waals surface area contributed by atoms with Gasteiger partial charge in [-0.15, -0.1) is 0 Å². The predicted octanol–water partition coefficient (Wildman–Crippen LogP) is 3.35. The summed E-state index contributed by atoms with van der Waals surface area (Å²) in [5.74, 6) is -0.873. The highest BCUT2D eigenvalue weighted by atomic mass is 32.2. The SMILES string of the molecule is CC(C)S(=O)(=O)N1CCC[C@@H](CCc2ccc(F)cc2F)C1. The van der Waals surface area contributed by atoms with Crippen LogP contribution in [0.15, 0.2) is 18.2 Å². The molecule has 0 amide bonds. The van der Waals surface area contributed by atoms with Crippen molar-refractivity contribution in [2.45, 2.75) is 44.8 Å². The van der Waals surface area contributed by atoms with Crippen LogP contribution in [-0.4, -0.2) is 31.1 Å². The fourth-order valence-corrected chi connectivity index (χ4v) is 4.27. The first-order chi connectivity index (χ1) is 10.3. The average molecular weight is 331 g/mol. The van der Waals surface area contributed by atoms with Crippen LogP contribution in [0.1, 0.15) is 38.7 Å². The number of nitrogens with zero attached hydrogens (tertiary/aromatic N) is 1. The summed E-state index contributed by atoms with van der Waals surface area (Å²) in [5.41, 5.74) is 0.491. The number of piperidine rings is 1. The minimum Gasteiger partial charge on any atom is -0.212 e. The molecule has 1 saturated heterocycles. The average Bonchev–Trinajstić information content (AvgIpc) is 2.46. The molecule has 0 N–H and O–H groups in total. The summed E-state index contributed by atoms with van der Waals surface area (Å²) in [6, 6.07) is 3.62. The van der Waals surface area contributed by atoms with Crippen molar-refractivity contribution in [2.24, 2.45) is 5.92 Å². The van der Waals surface area contributed by atoms with Crippen LogP contribution in [0.5, 0.6) is 0 Å². The van der Waals surface area contributed by atoms with Crippen LogP contribution in [0.2, 0.25) is 0 Å². The molecular formula is C16H23F2NO2S. The van der Waals surface area contributed by atoms with Crippen molar-refractivity contribution in [1.82, 2.24) is 4.31 Å². The summed E-state index contributed by atoms with van der Waals surface area (Å²) in [4.78, 5) is 0. The lowest BCUT2D eigenvalue weighted by atomic mass is 9.92. The molecule has 1 aromatic carbocycles. The second-order valence-corrected chi connectivity index (χ2v) is 8.72. The molecule has 1 aliphatic heterocycles. The van der Waals surface area contributed by atoms with Crippen LogP contribution >= 0.6 is 0 Å². The first-order valence-electron chi connectivity index (χ1n) is 7.73. The molecule has 0 unspecified atom stereocenters. The van der Waals surface area contributed by atoms with E-state index in [1.807, 2.05) is 0 Å². The standard InChI is InChI=1S/C16H23F2NO2S/c1-12(2)22(20,21)19-9-3-4-13(11-19)5-6-14-7-8-15(17)10-16(14)18/h7-8,10,12-13H,3-6,9,11H2,1-2H3/t13-/m0/s1. The highest BCUT2D eigenvalue weighted by Crippen LogP contribution is 2.25. The smallest absolute Gasteiger partial charge is 0.212 e. The molecule has 6 heteroatoms. The topological polar surface area (TPSA) is 37.4 Å². The largest absolute Gasteiger partial charge is 0.216 e. The van der Waals surface area contributed by atoms with Crippen molar-refractivity contribution >= 4 is 10.0 Å². The molecule has 1 atom stereocenters. The maximum atomic E-state index is 13.6. The van der Waals surface area contributed by atoms with Crippen LogP contribution in [0.3, 0.4) is 0 Å². The molecule has 2 rings (SSSR count). The van der Waals surface area contributed by atoms with Crippen molar-refractivity contribution in [1.29, 1.82) is 0 Å². The molecule has 124 valence electrons. The Labute approximate surface area is 131 Å². The molecule has 1 heterocycles. The Morgan fingerprint density at radius 3 is 2.68 bits per heavy atom. The van der Waals surface area contributed by atoms with E-state index in [1.165, 1.54) is 12.1 Å². The van der Waals surface area contributed by atoms with Crippen LogP contribution in [0.4, 0.5) is 8.78 Å². The van der Waals surface area contributed by atoms with Gasteiger partial charge in [0.2, 0.25) is 10.0 Å². The van der Waals surface area contributed by atoms with Gasteiger partial charge in [0.15, 0.2) is 0 Å². The highest BCUT2D eigenvalue weighted by molar-refractivity contribution is 7.89. The van der Waals surface area contributed by atoms with Crippen molar-refractivity contribution in [2.75, 3.05) is 13.1 Å². The Bertz CT molecular complexity index is 617. The van der Waals surface area contributed by atoms with Gasteiger partial charge in [0.1, 0.15) is 11.6 Å². The second-order valence-electron chi connectivity index (χ2n) is 6.23. The minimum atomic E-state index is -3.22. The van der Waals surface area contributed by atoms with Gasteiger partial charge in [-0.2, -0.15) is 0 Å². The number of hydrogen-bond acceptors (Lipinski definition) is 2. The third-order valence-corrected chi connectivity index (χ3v) is 6.52. The Balaban J connectivity index is 1.96. The van der Waals surface area contributed by atoms with E-state index in [9.17, 15) is 17.2 Å². The second kappa shape index (κ2) is 7.04. The van der Waals surface area contributed by atoms with Crippen molar-refractivity contribution in [3.8, 4) is 0 Å². The van der Waals surface area contributed by atoms with E-state index in [4.69, 9.17) is 0 Å². The number of halogens is 2. The fourth-order valence-electron chi connectivity index (χ4n) is 2.88. The van der Waals surface area contributed by atoms with Crippen LogP contribution in [0.25, 0.3) is 0 Å². The molecule has 0 radical (unpaired) electrons. The van der Waals surface area contributed by atoms with E-state index in [-0.39, 0.29) is 5.92 Å². The van der Waals surface area contributed by atoms with E-state index in [0.717, 1.165) is 18.9 Å². The Hall–Kier alpha value is -1.01. The number of benzene rings is 1. The maximum Gasteiger partial charge on any atom is 0.216 e. The molecule has 1 aliphatic rings. The van der Waals surface area contributed by atoms with Gasteiger partial charge in [-0.1, -0.05) is 6.07 Å². The molecule has 22 heavy (non-hydrogen) atoms. The third-order valence-electron chi connectivity index (χ3n) is 4.27. The van der Waals surface area contributed by atoms with E-state index >= 15 is 0 Å². The van der Waals surface area contributed by atoms with Crippen LogP contribution < -0.4 is 0 Å². The first kappa shape index (κ1) is 17.3. The third kappa shape index (κ3) is 4.04. The molecule has 0 saturated carbocycles. The fraction of sp³-hybridized carbons (Fsp3) is 0.625. The van der Waals surface area contributed by atoms with Gasteiger partial charge >= 0.3 is 0 Å². The van der Waals surface area contributed by atoms with E-state index < -0.39 is 26.9 Å². The van der Waals surface area contributed by atoms with Gasteiger partial charge < -0.3 is 0 Å². The highest BCUT2D eigenvalue weighted by Gasteiger charge is 2.30. The van der Waals surface area contributed by atoms with Gasteiger partial charge in [-0.25, -0.2) is 21.5 Å². The van der Waals surface area contributed by atoms with Gasteiger partial charge in [0, 0.05) is 19.2 Å². The number of aryl methyl sites for hydroxylation is 1. The summed E-state index contributed by atoms with van der Waals surface area (Å²) in [6.07, 6.45) is 3.01. The summed E-state index contributed by atoms with van der Waals surface area (Å²) >= 11 is 0. The minimum absolute atomic E-state index is 0.228.